The summed E-state index contributed by atoms with van der Waals surface area (Å²) in [5.41, 5.74) is 23.1. The van der Waals surface area contributed by atoms with Gasteiger partial charge in [-0.1, -0.05) is 167 Å². The Morgan fingerprint density at radius 1 is 0.507 bits per heavy atom. The first kappa shape index (κ1) is 45.4. The molecule has 8 aromatic rings. The van der Waals surface area contributed by atoms with E-state index in [9.17, 15) is 0 Å². The second-order valence-corrected chi connectivity index (χ2v) is 25.0. The highest BCUT2D eigenvalue weighted by molar-refractivity contribution is 7.01. The van der Waals surface area contributed by atoms with Gasteiger partial charge in [-0.05, 0) is 182 Å². The molecule has 0 fully saturated rings. The largest absolute Gasteiger partial charge is 0.311 e. The van der Waals surface area contributed by atoms with Crippen LogP contribution in [0.3, 0.4) is 0 Å². The number of hydrogen-bond acceptors (Lipinski definition) is 3. The quantitative estimate of drug-likeness (QED) is 0.159. The number of aryl methyl sites for hydroxylation is 1. The summed E-state index contributed by atoms with van der Waals surface area (Å²) >= 11 is 0. The number of fused-ring (bicyclic) bond motifs is 9. The van der Waals surface area contributed by atoms with Gasteiger partial charge in [0.1, 0.15) is 0 Å². The lowest BCUT2D eigenvalue weighted by atomic mass is 9.32. The number of nitrogens with zero attached hydrogens (tertiary/aromatic N) is 3. The zero-order valence-electron chi connectivity index (χ0n) is 44.1. The maximum atomic E-state index is 3.89. The number of rotatable bonds is 5. The Morgan fingerprint density at radius 3 is 1.68 bits per heavy atom. The van der Waals surface area contributed by atoms with Crippen LogP contribution in [0.2, 0.25) is 0 Å². The lowest BCUT2D eigenvalue weighted by molar-refractivity contribution is 0.331. The van der Waals surface area contributed by atoms with Crippen molar-refractivity contribution in [1.29, 1.82) is 0 Å². The monoisotopic (exact) mass is 926 g/mol. The van der Waals surface area contributed by atoms with E-state index in [0.29, 0.717) is 0 Å². The summed E-state index contributed by atoms with van der Waals surface area (Å²) in [6, 6.07) is 63.1. The van der Waals surface area contributed by atoms with Crippen molar-refractivity contribution in [3.63, 3.8) is 0 Å². The molecular formula is C67H68BN3. The van der Waals surface area contributed by atoms with Gasteiger partial charge in [-0.3, -0.25) is 0 Å². The molecule has 2 aliphatic heterocycles. The molecule has 0 N–H and O–H groups in total. The van der Waals surface area contributed by atoms with Crippen LogP contribution >= 0.6 is 0 Å². The molecule has 0 radical (unpaired) electrons. The molecule has 71 heavy (non-hydrogen) atoms. The second kappa shape index (κ2) is 15.7. The van der Waals surface area contributed by atoms with E-state index in [-0.39, 0.29) is 33.8 Å². The number of benzene rings is 7. The van der Waals surface area contributed by atoms with Gasteiger partial charge in [-0.2, -0.15) is 0 Å². The van der Waals surface area contributed by atoms with Crippen LogP contribution in [-0.4, -0.2) is 6.71 Å². The van der Waals surface area contributed by atoms with Crippen LogP contribution in [0.25, 0.3) is 10.8 Å². The average molecular weight is 926 g/mol. The van der Waals surface area contributed by atoms with Crippen molar-refractivity contribution in [3.8, 4) is 0 Å². The van der Waals surface area contributed by atoms with Gasteiger partial charge in [-0.25, -0.2) is 0 Å². The van der Waals surface area contributed by atoms with Gasteiger partial charge in [0, 0.05) is 45.2 Å². The highest BCUT2D eigenvalue weighted by Gasteiger charge is 2.50. The van der Waals surface area contributed by atoms with E-state index in [1.807, 2.05) is 0 Å². The summed E-state index contributed by atoms with van der Waals surface area (Å²) in [7, 11) is 0. The van der Waals surface area contributed by atoms with Crippen LogP contribution in [0.4, 0.5) is 51.2 Å². The van der Waals surface area contributed by atoms with Gasteiger partial charge in [0.25, 0.3) is 6.71 Å². The van der Waals surface area contributed by atoms with Gasteiger partial charge in [-0.15, -0.1) is 0 Å². The minimum absolute atomic E-state index is 0.00307. The Balaban J connectivity index is 1.28. The van der Waals surface area contributed by atoms with Gasteiger partial charge in [0.2, 0.25) is 0 Å². The molecule has 354 valence electrons. The van der Waals surface area contributed by atoms with Crippen LogP contribution in [0.15, 0.2) is 146 Å². The summed E-state index contributed by atoms with van der Waals surface area (Å²) in [6.45, 7) is 29.1. The summed E-state index contributed by atoms with van der Waals surface area (Å²) in [6.07, 6.45) is 4.58. The van der Waals surface area contributed by atoms with Crippen LogP contribution < -0.4 is 31.1 Å². The summed E-state index contributed by atoms with van der Waals surface area (Å²) in [5, 5.41) is 2.32. The van der Waals surface area contributed by atoms with Crippen molar-refractivity contribution in [1.82, 2.24) is 0 Å². The van der Waals surface area contributed by atoms with Gasteiger partial charge in [0.15, 0.2) is 0 Å². The van der Waals surface area contributed by atoms with E-state index < -0.39 is 0 Å². The van der Waals surface area contributed by atoms with Gasteiger partial charge < -0.3 is 14.7 Å². The van der Waals surface area contributed by atoms with E-state index in [4.69, 9.17) is 0 Å². The first-order valence-corrected chi connectivity index (χ1v) is 26.2. The number of para-hydroxylation sites is 2. The maximum absolute atomic E-state index is 3.89. The van der Waals surface area contributed by atoms with Gasteiger partial charge in [0.05, 0.1) is 11.4 Å². The third-order valence-electron chi connectivity index (χ3n) is 17.4. The fourth-order valence-electron chi connectivity index (χ4n) is 13.1. The molecule has 2 aliphatic carbocycles. The lowest BCUT2D eigenvalue weighted by Gasteiger charge is -2.50. The zero-order chi connectivity index (χ0) is 49.6. The summed E-state index contributed by atoms with van der Waals surface area (Å²) in [5.74, 6) is 0. The molecule has 12 rings (SSSR count). The van der Waals surface area contributed by atoms with E-state index in [0.717, 1.165) is 53.1 Å². The number of hydrogen-bond donors (Lipinski definition) is 0. The van der Waals surface area contributed by atoms with E-state index in [1.54, 1.807) is 0 Å². The minimum atomic E-state index is -0.0904. The molecule has 0 amide bonds. The van der Waals surface area contributed by atoms with Crippen molar-refractivity contribution < 1.29 is 0 Å². The van der Waals surface area contributed by atoms with Crippen molar-refractivity contribution in [2.45, 2.75) is 136 Å². The Hall–Kier alpha value is -6.70. The number of anilines is 9. The standard InChI is InChI=1S/C67H68BN3/c1-43-39-52-53(66(9,10)36-35-65(52,7)8)42-56(43)71-58-41-49(69(46-22-15-13-16-23-46)47-24-17-14-18-25-47)40-57-61(58)68(54-33-32-51-59(62(54)71)67(11,12)38-37-64(51,5)6)60-50-26-20-19-21-44(50)27-34-55(60)70(57)48-30-28-45(29-31-48)63(2,3)4/h13-26,28-33,39-42H,35-38H2,1-12H3. The molecule has 0 aromatic heterocycles. The second-order valence-electron chi connectivity index (χ2n) is 25.0. The molecule has 0 unspecified atom stereocenters. The molecule has 4 heteroatoms. The van der Waals surface area contributed by atoms with E-state index in [1.165, 1.54) is 84.3 Å². The molecule has 0 atom stereocenters. The van der Waals surface area contributed by atoms with E-state index in [2.05, 4.69) is 256 Å². The predicted octanol–water partition coefficient (Wildman–Crippen LogP) is 16.3. The normalized spacial score (nSPS) is 17.6. The topological polar surface area (TPSA) is 9.72 Å². The summed E-state index contributed by atoms with van der Waals surface area (Å²) < 4.78 is 0. The molecule has 0 bridgehead atoms. The maximum Gasteiger partial charge on any atom is 0.253 e. The first-order valence-electron chi connectivity index (χ1n) is 26.2. The molecule has 0 spiro atoms. The van der Waals surface area contributed by atoms with Crippen LogP contribution in [0, 0.1) is 19.1 Å². The van der Waals surface area contributed by atoms with Crippen molar-refractivity contribution in [2.75, 3.05) is 14.7 Å². The fourth-order valence-corrected chi connectivity index (χ4v) is 13.1. The molecule has 0 saturated carbocycles. The summed E-state index contributed by atoms with van der Waals surface area (Å²) in [4.78, 5) is 7.77. The minimum Gasteiger partial charge on any atom is -0.311 e. The van der Waals surface area contributed by atoms with Crippen LogP contribution in [-0.2, 0) is 27.1 Å². The first-order chi connectivity index (χ1) is 33.7. The van der Waals surface area contributed by atoms with Crippen LogP contribution in [0.5, 0.6) is 0 Å². The molecular weight excluding hydrogens is 858 g/mol. The van der Waals surface area contributed by atoms with E-state index >= 15 is 0 Å². The SMILES string of the molecule is Cc1cc2c(cc1N1c3cc(N(c4ccccc4)c4ccccc4)cc4c3B(c3ccc5c(c31)C(C)(C)CCC5(C)C)c1c(c#cc3ccccc13)N4c1ccc(C(C)(C)C)cc1)C(C)(C)CCC2(C)C. The molecule has 3 nitrogen and oxygen atoms in total. The lowest BCUT2D eigenvalue weighted by Crippen LogP contribution is -2.62. The molecule has 4 aliphatic rings. The third kappa shape index (κ3) is 7.00. The Morgan fingerprint density at radius 2 is 1.06 bits per heavy atom. The Bertz CT molecular complexity index is 3390. The highest BCUT2D eigenvalue weighted by Crippen LogP contribution is 2.56. The molecule has 2 heterocycles. The highest BCUT2D eigenvalue weighted by atomic mass is 15.2. The van der Waals surface area contributed by atoms with Crippen molar-refractivity contribution >= 4 is 85.1 Å². The van der Waals surface area contributed by atoms with Crippen molar-refractivity contribution in [2.24, 2.45) is 0 Å². The van der Waals surface area contributed by atoms with Crippen molar-refractivity contribution in [3.05, 3.63) is 191 Å². The van der Waals surface area contributed by atoms with Gasteiger partial charge >= 0.3 is 0 Å². The average Bonchev–Trinajstić information content (AvgIpc) is 3.34. The third-order valence-corrected chi connectivity index (χ3v) is 17.4. The Kier molecular flexibility index (Phi) is 10.0. The smallest absolute Gasteiger partial charge is 0.253 e. The molecule has 8 aromatic carbocycles. The predicted molar refractivity (Wildman–Crippen MR) is 304 cm³/mol. The molecule has 0 saturated heterocycles. The van der Waals surface area contributed by atoms with Crippen LogP contribution in [0.1, 0.15) is 135 Å². The fraction of sp³-hybridized carbons (Fsp3) is 0.313. The Labute approximate surface area is 424 Å². The zero-order valence-corrected chi connectivity index (χ0v) is 44.1.